The number of sulfone groups is 1. The van der Waals surface area contributed by atoms with Crippen LogP contribution in [0.15, 0.2) is 30.5 Å². The zero-order chi connectivity index (χ0) is 23.4. The summed E-state index contributed by atoms with van der Waals surface area (Å²) in [6, 6.07) is 8.24. The van der Waals surface area contributed by atoms with E-state index in [1.807, 2.05) is 18.2 Å². The Labute approximate surface area is 204 Å². The van der Waals surface area contributed by atoms with E-state index >= 15 is 0 Å². The van der Waals surface area contributed by atoms with Gasteiger partial charge in [0.05, 0.1) is 24.1 Å². The maximum Gasteiger partial charge on any atom is 0.213 e. The summed E-state index contributed by atoms with van der Waals surface area (Å²) in [6.45, 7) is 2.02. The number of methoxy groups -OCH3 is 1. The van der Waals surface area contributed by atoms with Crippen molar-refractivity contribution in [2.45, 2.75) is 37.6 Å². The van der Waals surface area contributed by atoms with Gasteiger partial charge in [0, 0.05) is 47.4 Å². The van der Waals surface area contributed by atoms with Crippen molar-refractivity contribution < 1.29 is 13.2 Å². The average Bonchev–Trinajstić information content (AvgIpc) is 3.51. The van der Waals surface area contributed by atoms with E-state index < -0.39 is 9.84 Å². The molecule has 3 fully saturated rings. The van der Waals surface area contributed by atoms with Crippen molar-refractivity contribution in [3.63, 3.8) is 0 Å². The second-order valence-corrected chi connectivity index (χ2v) is 12.8. The molecule has 6 rings (SSSR count). The van der Waals surface area contributed by atoms with Crippen LogP contribution in [0.5, 0.6) is 5.88 Å². The number of rotatable bonds is 4. The highest BCUT2D eigenvalue weighted by Crippen LogP contribution is 2.49. The van der Waals surface area contributed by atoms with Crippen LogP contribution in [0.2, 0.25) is 5.02 Å². The summed E-state index contributed by atoms with van der Waals surface area (Å²) in [5, 5.41) is 9.52. The summed E-state index contributed by atoms with van der Waals surface area (Å²) < 4.78 is 29.5. The first-order valence-corrected chi connectivity index (χ1v) is 14.2. The molecule has 0 amide bonds. The number of aromatic amines is 1. The standard InChI is InChI=1S/C25H29ClN4O3S/c1-33-24-9-15(4-5-27-24)25-21-10-20(22(26)11-23(21)28-29-25)16-7-17-12-30(13-18(17)8-16)19-3-2-6-34(31,32)14-19/h4-5,9-11,16-19H,2-3,6-8,12-14H2,1H3,(H,28,29)/t16?,17-,18+,19?. The Hall–Kier alpha value is -2.16. The van der Waals surface area contributed by atoms with Crippen LogP contribution in [0.1, 0.15) is 37.2 Å². The van der Waals surface area contributed by atoms with E-state index in [1.165, 1.54) is 5.56 Å². The second-order valence-electron chi connectivity index (χ2n) is 10.1. The van der Waals surface area contributed by atoms with Gasteiger partial charge in [-0.15, -0.1) is 0 Å². The van der Waals surface area contributed by atoms with E-state index in [0.717, 1.165) is 66.0 Å². The van der Waals surface area contributed by atoms with Crippen LogP contribution in [0.25, 0.3) is 22.2 Å². The zero-order valence-electron chi connectivity index (χ0n) is 19.2. The number of fused-ring (bicyclic) bond motifs is 2. The molecule has 1 N–H and O–H groups in total. The molecule has 4 atom stereocenters. The third-order valence-corrected chi connectivity index (χ3v) is 10.2. The number of aromatic nitrogens is 3. The number of ether oxygens (including phenoxy) is 1. The maximum atomic E-state index is 12.1. The van der Waals surface area contributed by atoms with Gasteiger partial charge in [-0.3, -0.25) is 10.00 Å². The minimum absolute atomic E-state index is 0.202. The maximum absolute atomic E-state index is 12.1. The molecule has 1 aromatic carbocycles. The largest absolute Gasteiger partial charge is 0.481 e. The Kier molecular flexibility index (Phi) is 5.58. The summed E-state index contributed by atoms with van der Waals surface area (Å²) >= 11 is 6.77. The minimum atomic E-state index is -2.88. The van der Waals surface area contributed by atoms with Gasteiger partial charge in [0.15, 0.2) is 9.84 Å². The molecule has 2 unspecified atom stereocenters. The molecule has 0 radical (unpaired) electrons. The fraction of sp³-hybridized carbons (Fsp3) is 0.520. The molecule has 9 heteroatoms. The van der Waals surface area contributed by atoms with Gasteiger partial charge in [0.2, 0.25) is 5.88 Å². The minimum Gasteiger partial charge on any atom is -0.481 e. The molecule has 0 bridgehead atoms. The molecule has 3 aromatic rings. The predicted octanol–water partition coefficient (Wildman–Crippen LogP) is 4.29. The summed E-state index contributed by atoms with van der Waals surface area (Å²) in [7, 11) is -1.27. The fourth-order valence-electron chi connectivity index (χ4n) is 6.43. The van der Waals surface area contributed by atoms with E-state index in [0.29, 0.717) is 35.1 Å². The van der Waals surface area contributed by atoms with Crippen molar-refractivity contribution in [3.8, 4) is 17.1 Å². The van der Waals surface area contributed by atoms with Gasteiger partial charge in [-0.2, -0.15) is 5.10 Å². The van der Waals surface area contributed by atoms with Crippen molar-refractivity contribution in [1.82, 2.24) is 20.1 Å². The van der Waals surface area contributed by atoms with Crippen molar-refractivity contribution >= 4 is 32.3 Å². The highest BCUT2D eigenvalue weighted by atomic mass is 35.5. The number of hydrogen-bond donors (Lipinski definition) is 1. The van der Waals surface area contributed by atoms with Gasteiger partial charge in [-0.1, -0.05) is 11.6 Å². The van der Waals surface area contributed by atoms with Gasteiger partial charge in [0.1, 0.15) is 5.69 Å². The van der Waals surface area contributed by atoms with E-state index in [2.05, 4.69) is 26.1 Å². The lowest BCUT2D eigenvalue weighted by molar-refractivity contribution is 0.223. The van der Waals surface area contributed by atoms with Crippen LogP contribution in [-0.2, 0) is 9.84 Å². The second kappa shape index (κ2) is 8.50. The first-order chi connectivity index (χ1) is 16.4. The van der Waals surface area contributed by atoms with Gasteiger partial charge < -0.3 is 4.74 Å². The SMILES string of the molecule is COc1cc(-c2n[nH]c3cc(Cl)c(C4C[C@@H]5CN(C6CCCS(=O)(=O)C6)C[C@@H]5C4)cc23)ccn1. The van der Waals surface area contributed by atoms with Gasteiger partial charge in [0.25, 0.3) is 0 Å². The van der Waals surface area contributed by atoms with Crippen molar-refractivity contribution in [1.29, 1.82) is 0 Å². The lowest BCUT2D eigenvalue weighted by Gasteiger charge is -2.31. The van der Waals surface area contributed by atoms with Crippen LogP contribution >= 0.6 is 11.6 Å². The Morgan fingerprint density at radius 1 is 1.18 bits per heavy atom. The number of likely N-dealkylation sites (tertiary alicyclic amines) is 1. The molecule has 2 aliphatic heterocycles. The molecule has 4 heterocycles. The average molecular weight is 501 g/mol. The number of benzene rings is 1. The highest BCUT2D eigenvalue weighted by Gasteiger charge is 2.44. The van der Waals surface area contributed by atoms with Crippen molar-refractivity contribution in [2.75, 3.05) is 31.7 Å². The fourth-order valence-corrected chi connectivity index (χ4v) is 8.49. The smallest absolute Gasteiger partial charge is 0.213 e. The van der Waals surface area contributed by atoms with E-state index in [-0.39, 0.29) is 6.04 Å². The van der Waals surface area contributed by atoms with Crippen LogP contribution < -0.4 is 4.74 Å². The lowest BCUT2D eigenvalue weighted by atomic mass is 9.93. The molecular formula is C25H29ClN4O3S. The Morgan fingerprint density at radius 2 is 1.97 bits per heavy atom. The van der Waals surface area contributed by atoms with Crippen LogP contribution in [0.3, 0.4) is 0 Å². The molecule has 34 heavy (non-hydrogen) atoms. The van der Waals surface area contributed by atoms with Crippen LogP contribution in [0.4, 0.5) is 0 Å². The molecular weight excluding hydrogens is 472 g/mol. The lowest BCUT2D eigenvalue weighted by Crippen LogP contribution is -2.42. The van der Waals surface area contributed by atoms with E-state index in [4.69, 9.17) is 16.3 Å². The molecule has 1 saturated carbocycles. The number of nitrogens with one attached hydrogen (secondary N) is 1. The number of pyridine rings is 1. The number of hydrogen-bond acceptors (Lipinski definition) is 6. The van der Waals surface area contributed by atoms with Gasteiger partial charge in [-0.25, -0.2) is 13.4 Å². The topological polar surface area (TPSA) is 88.2 Å². The molecule has 180 valence electrons. The van der Waals surface area contributed by atoms with Crippen molar-refractivity contribution in [2.24, 2.45) is 11.8 Å². The third kappa shape index (κ3) is 3.99. The normalized spacial score (nSPS) is 28.9. The Balaban J connectivity index is 1.23. The van der Waals surface area contributed by atoms with Gasteiger partial charge >= 0.3 is 0 Å². The number of halogens is 1. The van der Waals surface area contributed by atoms with E-state index in [9.17, 15) is 8.42 Å². The zero-order valence-corrected chi connectivity index (χ0v) is 20.8. The summed E-state index contributed by atoms with van der Waals surface area (Å²) in [5.41, 5.74) is 3.94. The monoisotopic (exact) mass is 500 g/mol. The predicted molar refractivity (Wildman–Crippen MR) is 133 cm³/mol. The summed E-state index contributed by atoms with van der Waals surface area (Å²) in [5.74, 6) is 2.88. The molecule has 2 aromatic heterocycles. The number of H-pyrrole nitrogens is 1. The molecule has 7 nitrogen and oxygen atoms in total. The molecule has 0 spiro atoms. The Morgan fingerprint density at radius 3 is 2.71 bits per heavy atom. The van der Waals surface area contributed by atoms with Crippen molar-refractivity contribution in [3.05, 3.63) is 41.0 Å². The first-order valence-electron chi connectivity index (χ1n) is 12.0. The van der Waals surface area contributed by atoms with E-state index in [1.54, 1.807) is 13.3 Å². The molecule has 1 aliphatic carbocycles. The first kappa shape index (κ1) is 22.3. The van der Waals surface area contributed by atoms with Gasteiger partial charge in [-0.05, 0) is 67.2 Å². The summed E-state index contributed by atoms with van der Waals surface area (Å²) in [4.78, 5) is 6.66. The highest BCUT2D eigenvalue weighted by molar-refractivity contribution is 7.91. The number of nitrogens with zero attached hydrogens (tertiary/aromatic N) is 3. The van der Waals surface area contributed by atoms with Crippen LogP contribution in [0, 0.1) is 11.8 Å². The molecule has 2 saturated heterocycles. The quantitative estimate of drug-likeness (QED) is 0.575. The summed E-state index contributed by atoms with van der Waals surface area (Å²) in [6.07, 6.45) is 5.73. The third-order valence-electron chi connectivity index (χ3n) is 8.07. The molecule has 3 aliphatic rings. The Bertz CT molecular complexity index is 1330. The van der Waals surface area contributed by atoms with Crippen LogP contribution in [-0.4, -0.2) is 66.2 Å².